The number of rotatable bonds is 3. The lowest BCUT2D eigenvalue weighted by atomic mass is 10.0. The van der Waals surface area contributed by atoms with Gasteiger partial charge in [-0.05, 0) is 6.07 Å². The number of carbonyl (C=O) groups excluding carboxylic acids is 2. The molecule has 1 saturated heterocycles. The monoisotopic (exact) mass is 403 g/mol. The third-order valence-electron chi connectivity index (χ3n) is 4.08. The number of nitrogens with zero attached hydrogens (tertiary/aromatic N) is 4. The van der Waals surface area contributed by atoms with Gasteiger partial charge in [-0.1, -0.05) is 5.10 Å². The summed E-state index contributed by atoms with van der Waals surface area (Å²) in [5.41, 5.74) is 7.15. The summed E-state index contributed by atoms with van der Waals surface area (Å²) in [4.78, 5) is 24.7. The molecular weight excluding hydrogens is 389 g/mol. The van der Waals surface area contributed by atoms with Gasteiger partial charge in [-0.25, -0.2) is 4.57 Å². The lowest BCUT2D eigenvalue weighted by Gasteiger charge is -2.49. The highest BCUT2D eigenvalue weighted by atomic mass is 35.5. The number of carboxylic acids is 1. The predicted octanol–water partition coefficient (Wildman–Crippen LogP) is -1.29. The van der Waals surface area contributed by atoms with Crippen molar-refractivity contribution in [3.8, 4) is 0 Å². The Morgan fingerprint density at radius 1 is 1.48 bits per heavy atom. The van der Waals surface area contributed by atoms with Crippen LogP contribution in [0.15, 0.2) is 42.0 Å². The average Bonchev–Trinajstić information content (AvgIpc) is 2.96. The number of amides is 1. The van der Waals surface area contributed by atoms with Gasteiger partial charge in [0.05, 0.1) is 17.9 Å². The van der Waals surface area contributed by atoms with Crippen molar-refractivity contribution >= 4 is 54.1 Å². The van der Waals surface area contributed by atoms with Crippen molar-refractivity contribution < 1.29 is 19.3 Å². The molecule has 1 fully saturated rings. The molecule has 0 aromatic carbocycles. The molecule has 0 radical (unpaired) electrons. The Bertz CT molecular complexity index is 871. The summed E-state index contributed by atoms with van der Waals surface area (Å²) < 4.78 is 3.58. The number of thioether (sulfide) groups is 1. The van der Waals surface area contributed by atoms with Crippen LogP contribution in [-0.2, 0) is 16.1 Å². The second-order valence-electron chi connectivity index (χ2n) is 5.43. The van der Waals surface area contributed by atoms with E-state index in [-0.39, 0.29) is 41.8 Å². The van der Waals surface area contributed by atoms with Crippen LogP contribution in [0.1, 0.15) is 0 Å². The van der Waals surface area contributed by atoms with E-state index in [0.717, 1.165) is 5.65 Å². The standard InChI is InChI=1S/C14H13N5O3S.2ClH/c15-10-12(20)19-11(14(21)22)8(7-23-13(10)19)6-17-4-5-18-9(17)2-1-3-16-18;;/h1-5,10,13H,6-7,15H2;2*1H/t10?,13-;;/m1../s1. The predicted molar refractivity (Wildman–Crippen MR) is 93.0 cm³/mol. The molecule has 1 unspecified atom stereocenters. The average molecular weight is 404 g/mol. The Kier molecular flexibility index (Phi) is 5.62. The molecule has 2 aromatic rings. The summed E-state index contributed by atoms with van der Waals surface area (Å²) in [5.74, 6) is -1.21. The lowest BCUT2D eigenvalue weighted by Crippen LogP contribution is -2.69. The van der Waals surface area contributed by atoms with Crippen molar-refractivity contribution in [1.82, 2.24) is 14.5 Å². The zero-order valence-electron chi connectivity index (χ0n) is 12.8. The molecule has 0 saturated carbocycles. The fraction of sp³-hybridized carbons (Fsp3) is 0.286. The largest absolute Gasteiger partial charge is 0.543 e. The van der Waals surface area contributed by atoms with E-state index in [2.05, 4.69) is 5.10 Å². The quantitative estimate of drug-likeness (QED) is 0.504. The SMILES string of the molecule is Cl.Cl.NC1C(=O)N2C(C(=O)[O-])=C(C[n+]3ccn4ncccc43)CS[C@H]12. The number of hydrogen-bond acceptors (Lipinski definition) is 6. The fourth-order valence-corrected chi connectivity index (χ4v) is 4.25. The van der Waals surface area contributed by atoms with E-state index < -0.39 is 12.0 Å². The van der Waals surface area contributed by atoms with Crippen molar-refractivity contribution in [2.24, 2.45) is 5.73 Å². The maximum atomic E-state index is 11.9. The molecule has 0 spiro atoms. The number of nitrogens with two attached hydrogens (primary N) is 1. The molecule has 4 heterocycles. The number of β-lactam (4-membered cyclic amide) rings is 1. The second-order valence-corrected chi connectivity index (χ2v) is 6.53. The number of fused-ring (bicyclic) bond motifs is 2. The van der Waals surface area contributed by atoms with Crippen LogP contribution in [0.3, 0.4) is 0 Å². The van der Waals surface area contributed by atoms with Crippen LogP contribution in [0.5, 0.6) is 0 Å². The number of aromatic nitrogens is 3. The first-order valence-corrected chi connectivity index (χ1v) is 8.08. The van der Waals surface area contributed by atoms with Gasteiger partial charge >= 0.3 is 5.65 Å². The van der Waals surface area contributed by atoms with E-state index in [1.165, 1.54) is 16.7 Å². The van der Waals surface area contributed by atoms with Gasteiger partial charge in [0.1, 0.15) is 24.2 Å². The summed E-state index contributed by atoms with van der Waals surface area (Å²) >= 11 is 1.48. The van der Waals surface area contributed by atoms with E-state index in [4.69, 9.17) is 5.73 Å². The first kappa shape index (κ1) is 19.5. The van der Waals surface area contributed by atoms with Gasteiger partial charge in [-0.3, -0.25) is 9.69 Å². The molecule has 11 heteroatoms. The Hall–Kier alpha value is -1.81. The van der Waals surface area contributed by atoms with Crippen molar-refractivity contribution in [3.63, 3.8) is 0 Å². The van der Waals surface area contributed by atoms with Crippen molar-refractivity contribution in [3.05, 3.63) is 42.0 Å². The Balaban J connectivity index is 0.00000113. The van der Waals surface area contributed by atoms with Gasteiger partial charge in [-0.2, -0.15) is 0 Å². The Labute approximate surface area is 159 Å². The van der Waals surface area contributed by atoms with Crippen molar-refractivity contribution in [1.29, 1.82) is 0 Å². The normalized spacial score (nSPS) is 22.0. The molecule has 2 N–H and O–H groups in total. The zero-order valence-corrected chi connectivity index (χ0v) is 15.2. The van der Waals surface area contributed by atoms with E-state index in [1.807, 2.05) is 22.9 Å². The minimum absolute atomic E-state index is 0. The smallest absolute Gasteiger partial charge is 0.307 e. The maximum absolute atomic E-state index is 11.9. The molecule has 2 atom stereocenters. The minimum atomic E-state index is -1.34. The highest BCUT2D eigenvalue weighted by Crippen LogP contribution is 2.39. The molecule has 2 aliphatic heterocycles. The molecule has 0 bridgehead atoms. The first-order valence-electron chi connectivity index (χ1n) is 7.03. The second kappa shape index (κ2) is 7.20. The van der Waals surface area contributed by atoms with E-state index >= 15 is 0 Å². The van der Waals surface area contributed by atoms with Crippen LogP contribution < -0.4 is 15.4 Å². The van der Waals surface area contributed by atoms with Crippen molar-refractivity contribution in [2.45, 2.75) is 18.0 Å². The molecule has 2 aromatic heterocycles. The number of carbonyl (C=O) groups is 2. The van der Waals surface area contributed by atoms with Gasteiger partial charge in [0.2, 0.25) is 5.91 Å². The fourth-order valence-electron chi connectivity index (χ4n) is 2.97. The highest BCUT2D eigenvalue weighted by Gasteiger charge is 2.50. The Morgan fingerprint density at radius 3 is 2.96 bits per heavy atom. The summed E-state index contributed by atoms with van der Waals surface area (Å²) in [6.07, 6.45) is 5.28. The molecule has 2 aliphatic rings. The van der Waals surface area contributed by atoms with Gasteiger partial charge in [0.15, 0.2) is 6.20 Å². The maximum Gasteiger partial charge on any atom is 0.307 e. The molecule has 25 heavy (non-hydrogen) atoms. The van der Waals surface area contributed by atoms with Crippen LogP contribution >= 0.6 is 36.6 Å². The molecular formula is C14H15Cl2N5O3S. The van der Waals surface area contributed by atoms with Crippen LogP contribution in [0, 0.1) is 0 Å². The first-order chi connectivity index (χ1) is 11.1. The van der Waals surface area contributed by atoms with Gasteiger partial charge in [-0.15, -0.1) is 41.1 Å². The number of halogens is 2. The molecule has 0 aliphatic carbocycles. The van der Waals surface area contributed by atoms with Gasteiger partial charge in [0, 0.05) is 17.4 Å². The number of hydrogen-bond donors (Lipinski definition) is 1. The van der Waals surface area contributed by atoms with Gasteiger partial charge in [0.25, 0.3) is 0 Å². The third-order valence-corrected chi connectivity index (χ3v) is 5.44. The van der Waals surface area contributed by atoms with Crippen LogP contribution in [0.2, 0.25) is 0 Å². The Morgan fingerprint density at radius 2 is 2.24 bits per heavy atom. The van der Waals surface area contributed by atoms with E-state index in [1.54, 1.807) is 16.9 Å². The molecule has 1 amide bonds. The summed E-state index contributed by atoms with van der Waals surface area (Å²) in [7, 11) is 0. The van der Waals surface area contributed by atoms with Crippen molar-refractivity contribution in [2.75, 3.05) is 5.75 Å². The van der Waals surface area contributed by atoms with Crippen LogP contribution in [-0.4, -0.2) is 43.6 Å². The highest BCUT2D eigenvalue weighted by molar-refractivity contribution is 8.00. The summed E-state index contributed by atoms with van der Waals surface area (Å²) in [6, 6.07) is 3.06. The molecule has 134 valence electrons. The molecule has 4 rings (SSSR count). The summed E-state index contributed by atoms with van der Waals surface area (Å²) in [6.45, 7) is 0.351. The molecule has 8 nitrogen and oxygen atoms in total. The minimum Gasteiger partial charge on any atom is -0.543 e. The zero-order chi connectivity index (χ0) is 16.1. The number of carboxylic acid groups (broad SMARTS) is 1. The van der Waals surface area contributed by atoms with E-state index in [9.17, 15) is 14.7 Å². The van der Waals surface area contributed by atoms with Crippen LogP contribution in [0.25, 0.3) is 5.65 Å². The summed E-state index contributed by atoms with van der Waals surface area (Å²) in [5, 5.41) is 15.4. The number of aliphatic carboxylic acids is 1. The van der Waals surface area contributed by atoms with Crippen LogP contribution in [0.4, 0.5) is 0 Å². The lowest BCUT2D eigenvalue weighted by molar-refractivity contribution is -0.662. The number of imidazole rings is 1. The topological polar surface area (TPSA) is 108 Å². The third kappa shape index (κ3) is 2.97. The van der Waals surface area contributed by atoms with Gasteiger partial charge < -0.3 is 15.6 Å². The van der Waals surface area contributed by atoms with E-state index in [0.29, 0.717) is 17.9 Å².